The quantitative estimate of drug-likeness (QED) is 0.438. The van der Waals surface area contributed by atoms with E-state index in [1.807, 2.05) is 36.4 Å². The van der Waals surface area contributed by atoms with E-state index in [1.165, 1.54) is 0 Å². The molecule has 0 aromatic rings. The maximum Gasteiger partial charge on any atom is 0.309 e. The normalized spacial score (nSPS) is 10.0. The minimum Gasteiger partial charge on any atom is -0.455 e. The first-order valence-electron chi connectivity index (χ1n) is 3.48. The van der Waals surface area contributed by atoms with Crippen LogP contribution in [0.4, 0.5) is 0 Å². The van der Waals surface area contributed by atoms with Gasteiger partial charge in [0, 0.05) is 0 Å². The summed E-state index contributed by atoms with van der Waals surface area (Å²) in [7, 11) is 0. The molecule has 0 atom stereocenters. The van der Waals surface area contributed by atoms with Crippen LogP contribution >= 0.6 is 22.6 Å². The molecule has 60 valence electrons. The summed E-state index contributed by atoms with van der Waals surface area (Å²) < 4.78 is 5.30. The highest BCUT2D eigenvalue weighted by molar-refractivity contribution is 14.1. The van der Waals surface area contributed by atoms with Gasteiger partial charge in [-0.2, -0.15) is 0 Å². The van der Waals surface area contributed by atoms with Crippen molar-refractivity contribution in [2.24, 2.45) is 5.92 Å². The Hall–Kier alpha value is 0.200. The number of alkyl halides is 1. The van der Waals surface area contributed by atoms with Gasteiger partial charge >= 0.3 is 5.97 Å². The van der Waals surface area contributed by atoms with Crippen molar-refractivity contribution < 1.29 is 9.53 Å². The topological polar surface area (TPSA) is 26.3 Å². The lowest BCUT2D eigenvalue weighted by atomic mass is 10.0. The molecule has 0 saturated heterocycles. The number of rotatable bonds is 4. The zero-order valence-corrected chi connectivity index (χ0v) is 8.55. The highest BCUT2D eigenvalue weighted by Gasteiger charge is 2.14. The molecule has 0 radical (unpaired) electrons. The summed E-state index contributed by atoms with van der Waals surface area (Å²) in [6.45, 7) is 4.01. The van der Waals surface area contributed by atoms with Crippen LogP contribution < -0.4 is 0 Å². The van der Waals surface area contributed by atoms with E-state index >= 15 is 0 Å². The van der Waals surface area contributed by atoms with Gasteiger partial charge in [-0.25, -0.2) is 0 Å². The Bertz CT molecular complexity index is 99.8. The summed E-state index contributed by atoms with van der Waals surface area (Å²) in [6, 6.07) is 0. The minimum absolute atomic E-state index is 0.0561. The van der Waals surface area contributed by atoms with Gasteiger partial charge in [0.05, 0.1) is 5.92 Å². The molecule has 2 nitrogen and oxygen atoms in total. The molecule has 0 spiro atoms. The second-order valence-electron chi connectivity index (χ2n) is 2.09. The SMILES string of the molecule is CCC(CC)C(=O)OCI. The number of ether oxygens (including phenoxy) is 1. The summed E-state index contributed by atoms with van der Waals surface area (Å²) in [4.78, 5) is 11.0. The van der Waals surface area contributed by atoms with Gasteiger partial charge in [-0.3, -0.25) is 4.79 Å². The molecule has 0 rings (SSSR count). The molecule has 0 aliphatic heterocycles. The van der Waals surface area contributed by atoms with Crippen molar-refractivity contribution >= 4 is 28.6 Å². The molecule has 0 bridgehead atoms. The lowest BCUT2D eigenvalue weighted by molar-refractivity contribution is -0.146. The summed E-state index contributed by atoms with van der Waals surface area (Å²) in [5.74, 6) is 0.0502. The summed E-state index contributed by atoms with van der Waals surface area (Å²) >= 11 is 2.03. The lowest BCUT2D eigenvalue weighted by Gasteiger charge is -2.08. The second kappa shape index (κ2) is 5.95. The first kappa shape index (κ1) is 10.2. The Kier molecular flexibility index (Phi) is 6.06. The number of esters is 1. The fraction of sp³-hybridized carbons (Fsp3) is 0.857. The van der Waals surface area contributed by atoms with E-state index in [0.29, 0.717) is 4.61 Å². The third-order valence-corrected chi connectivity index (χ3v) is 1.83. The standard InChI is InChI=1S/C7H13IO2/c1-3-6(4-2)7(9)10-5-8/h6H,3-5H2,1-2H3. The molecule has 0 amide bonds. The number of hydrogen-bond donors (Lipinski definition) is 0. The van der Waals surface area contributed by atoms with E-state index in [4.69, 9.17) is 4.74 Å². The van der Waals surface area contributed by atoms with Crippen LogP contribution in [0.2, 0.25) is 0 Å². The van der Waals surface area contributed by atoms with Crippen LogP contribution in [0.1, 0.15) is 26.7 Å². The monoisotopic (exact) mass is 256 g/mol. The summed E-state index contributed by atoms with van der Waals surface area (Å²) in [6.07, 6.45) is 1.76. The average molecular weight is 256 g/mol. The van der Waals surface area contributed by atoms with Crippen LogP contribution in [0.25, 0.3) is 0 Å². The van der Waals surface area contributed by atoms with Gasteiger partial charge in [-0.1, -0.05) is 13.8 Å². The van der Waals surface area contributed by atoms with Crippen molar-refractivity contribution in [3.05, 3.63) is 0 Å². The number of halogens is 1. The van der Waals surface area contributed by atoms with E-state index in [1.54, 1.807) is 0 Å². The number of carbonyl (C=O) groups excluding carboxylic acids is 1. The molecule has 0 N–H and O–H groups in total. The van der Waals surface area contributed by atoms with Gasteiger partial charge in [0.25, 0.3) is 0 Å². The van der Waals surface area contributed by atoms with Gasteiger partial charge in [0.1, 0.15) is 4.61 Å². The Balaban J connectivity index is 3.65. The van der Waals surface area contributed by atoms with Crippen molar-refractivity contribution in [2.75, 3.05) is 4.61 Å². The van der Waals surface area contributed by atoms with Crippen molar-refractivity contribution in [3.63, 3.8) is 0 Å². The molecule has 0 fully saturated rings. The van der Waals surface area contributed by atoms with Crippen LogP contribution in [-0.4, -0.2) is 10.6 Å². The van der Waals surface area contributed by atoms with E-state index in [0.717, 1.165) is 12.8 Å². The van der Waals surface area contributed by atoms with E-state index in [-0.39, 0.29) is 11.9 Å². The molecule has 10 heavy (non-hydrogen) atoms. The third-order valence-electron chi connectivity index (χ3n) is 1.52. The molecule has 0 saturated carbocycles. The van der Waals surface area contributed by atoms with Crippen molar-refractivity contribution in [1.82, 2.24) is 0 Å². The Morgan fingerprint density at radius 3 is 2.30 bits per heavy atom. The fourth-order valence-electron chi connectivity index (χ4n) is 0.794. The molecule has 0 aromatic carbocycles. The largest absolute Gasteiger partial charge is 0.455 e. The lowest BCUT2D eigenvalue weighted by Crippen LogP contribution is -2.15. The van der Waals surface area contributed by atoms with E-state index in [2.05, 4.69) is 0 Å². The van der Waals surface area contributed by atoms with E-state index < -0.39 is 0 Å². The van der Waals surface area contributed by atoms with Crippen LogP contribution in [0.15, 0.2) is 0 Å². The minimum atomic E-state index is -0.0561. The van der Waals surface area contributed by atoms with Crippen molar-refractivity contribution in [3.8, 4) is 0 Å². The zero-order valence-electron chi connectivity index (χ0n) is 6.39. The highest BCUT2D eigenvalue weighted by Crippen LogP contribution is 2.09. The van der Waals surface area contributed by atoms with Crippen LogP contribution in [0, 0.1) is 5.92 Å². The molecular weight excluding hydrogens is 243 g/mol. The predicted octanol–water partition coefficient (Wildman–Crippen LogP) is 2.36. The Morgan fingerprint density at radius 1 is 1.50 bits per heavy atom. The van der Waals surface area contributed by atoms with Gasteiger partial charge < -0.3 is 4.74 Å². The number of carbonyl (C=O) groups is 1. The number of hydrogen-bond acceptors (Lipinski definition) is 2. The first-order chi connectivity index (χ1) is 4.76. The molecule has 0 heterocycles. The van der Waals surface area contributed by atoms with Crippen molar-refractivity contribution in [2.45, 2.75) is 26.7 Å². The molecule has 0 aromatic heterocycles. The third kappa shape index (κ3) is 3.39. The van der Waals surface area contributed by atoms with Gasteiger partial charge in [-0.05, 0) is 35.4 Å². The average Bonchev–Trinajstić information content (AvgIpc) is 1.91. The maximum atomic E-state index is 11.0. The van der Waals surface area contributed by atoms with Gasteiger partial charge in [0.2, 0.25) is 0 Å². The highest BCUT2D eigenvalue weighted by atomic mass is 127. The fourth-order valence-corrected chi connectivity index (χ4v) is 1.10. The smallest absolute Gasteiger partial charge is 0.309 e. The molecule has 0 aliphatic carbocycles. The molecule has 3 heteroatoms. The molecular formula is C7H13IO2. The predicted molar refractivity (Wildman–Crippen MR) is 49.1 cm³/mol. The van der Waals surface area contributed by atoms with E-state index in [9.17, 15) is 4.79 Å². The Labute approximate surface area is 75.5 Å². The maximum absolute atomic E-state index is 11.0. The second-order valence-corrected chi connectivity index (χ2v) is 2.71. The molecule has 0 aliphatic rings. The van der Waals surface area contributed by atoms with Crippen LogP contribution in [0.5, 0.6) is 0 Å². The van der Waals surface area contributed by atoms with Crippen LogP contribution in [-0.2, 0) is 9.53 Å². The zero-order chi connectivity index (χ0) is 7.98. The first-order valence-corrected chi connectivity index (χ1v) is 5.01. The summed E-state index contributed by atoms with van der Waals surface area (Å²) in [5.41, 5.74) is 0. The van der Waals surface area contributed by atoms with Crippen molar-refractivity contribution in [1.29, 1.82) is 0 Å². The summed E-state index contributed by atoms with van der Waals surface area (Å²) in [5, 5.41) is 0. The van der Waals surface area contributed by atoms with Gasteiger partial charge in [-0.15, -0.1) is 0 Å². The van der Waals surface area contributed by atoms with Gasteiger partial charge in [0.15, 0.2) is 0 Å². The Morgan fingerprint density at radius 2 is 2.00 bits per heavy atom. The van der Waals surface area contributed by atoms with Crippen LogP contribution in [0.3, 0.4) is 0 Å². The molecule has 0 unspecified atom stereocenters.